The molecule has 0 radical (unpaired) electrons. The number of halogens is 1. The molecule has 1 amide bonds. The van der Waals surface area contributed by atoms with E-state index in [1.165, 1.54) is 12.1 Å². The monoisotopic (exact) mass is 223 g/mol. The van der Waals surface area contributed by atoms with Gasteiger partial charge in [0.25, 0.3) is 5.91 Å². The number of amides is 1. The van der Waals surface area contributed by atoms with Crippen LogP contribution in [0.2, 0.25) is 0 Å². The lowest BCUT2D eigenvalue weighted by Gasteiger charge is -2.10. The molecule has 1 heterocycles. The van der Waals surface area contributed by atoms with Crippen LogP contribution < -0.4 is 11.1 Å². The van der Waals surface area contributed by atoms with Crippen molar-refractivity contribution in [3.63, 3.8) is 0 Å². The second-order valence-corrected chi connectivity index (χ2v) is 4.07. The zero-order chi connectivity index (χ0) is 11.5. The third-order valence-corrected chi connectivity index (χ3v) is 2.69. The van der Waals surface area contributed by atoms with Gasteiger partial charge in [-0.1, -0.05) is 0 Å². The number of carbonyl (C=O) groups excluding carboxylic acids is 1. The number of nitrogens with zero attached hydrogens (tertiary/aromatic N) is 1. The SMILES string of the molecule is NC(CNC(=O)c1ccc(F)cn1)C1CC1. The van der Waals surface area contributed by atoms with Gasteiger partial charge in [0.1, 0.15) is 11.5 Å². The van der Waals surface area contributed by atoms with Crippen molar-refractivity contribution in [1.29, 1.82) is 0 Å². The van der Waals surface area contributed by atoms with Crippen molar-refractivity contribution in [2.45, 2.75) is 18.9 Å². The summed E-state index contributed by atoms with van der Waals surface area (Å²) in [6.07, 6.45) is 3.31. The number of aromatic nitrogens is 1. The van der Waals surface area contributed by atoms with Gasteiger partial charge in [-0.25, -0.2) is 9.37 Å². The third kappa shape index (κ3) is 2.76. The van der Waals surface area contributed by atoms with E-state index in [2.05, 4.69) is 10.3 Å². The van der Waals surface area contributed by atoms with Crippen LogP contribution in [0, 0.1) is 11.7 Å². The Bertz CT molecular complexity index is 375. The normalized spacial score (nSPS) is 16.9. The molecule has 2 rings (SSSR count). The summed E-state index contributed by atoms with van der Waals surface area (Å²) in [5.41, 5.74) is 6.05. The Labute approximate surface area is 93.1 Å². The van der Waals surface area contributed by atoms with Gasteiger partial charge in [0, 0.05) is 12.6 Å². The minimum atomic E-state index is -0.453. The fourth-order valence-corrected chi connectivity index (χ4v) is 1.50. The van der Waals surface area contributed by atoms with E-state index >= 15 is 0 Å². The van der Waals surface area contributed by atoms with Gasteiger partial charge in [0.2, 0.25) is 0 Å². The summed E-state index contributed by atoms with van der Waals surface area (Å²) in [4.78, 5) is 15.2. The zero-order valence-electron chi connectivity index (χ0n) is 8.82. The molecule has 0 spiro atoms. The van der Waals surface area contributed by atoms with Gasteiger partial charge >= 0.3 is 0 Å². The molecule has 5 heteroatoms. The molecule has 0 aromatic carbocycles. The highest BCUT2D eigenvalue weighted by Crippen LogP contribution is 2.31. The second kappa shape index (κ2) is 4.57. The molecule has 86 valence electrons. The number of hydrogen-bond acceptors (Lipinski definition) is 3. The van der Waals surface area contributed by atoms with E-state index in [-0.39, 0.29) is 17.6 Å². The lowest BCUT2D eigenvalue weighted by atomic mass is 10.2. The zero-order valence-corrected chi connectivity index (χ0v) is 8.82. The van der Waals surface area contributed by atoms with E-state index in [1.54, 1.807) is 0 Å². The van der Waals surface area contributed by atoms with Crippen molar-refractivity contribution >= 4 is 5.91 Å². The maximum Gasteiger partial charge on any atom is 0.269 e. The minimum absolute atomic E-state index is 0.0180. The summed E-state index contributed by atoms with van der Waals surface area (Å²) in [6.45, 7) is 0.447. The van der Waals surface area contributed by atoms with Gasteiger partial charge in [-0.2, -0.15) is 0 Å². The van der Waals surface area contributed by atoms with Gasteiger partial charge in [0.15, 0.2) is 0 Å². The second-order valence-electron chi connectivity index (χ2n) is 4.07. The van der Waals surface area contributed by atoms with E-state index in [9.17, 15) is 9.18 Å². The van der Waals surface area contributed by atoms with E-state index in [4.69, 9.17) is 5.73 Å². The number of pyridine rings is 1. The Hall–Kier alpha value is -1.49. The summed E-state index contributed by atoms with van der Waals surface area (Å²) in [5.74, 6) is -0.219. The number of rotatable bonds is 4. The largest absolute Gasteiger partial charge is 0.349 e. The molecule has 1 aliphatic carbocycles. The minimum Gasteiger partial charge on any atom is -0.349 e. The summed E-state index contributed by atoms with van der Waals surface area (Å²) >= 11 is 0. The van der Waals surface area contributed by atoms with Crippen molar-refractivity contribution in [3.8, 4) is 0 Å². The third-order valence-electron chi connectivity index (χ3n) is 2.69. The Kier molecular flexibility index (Phi) is 3.14. The standard InChI is InChI=1S/C11H14FN3O/c12-8-3-4-10(14-5-8)11(16)15-6-9(13)7-1-2-7/h3-5,7,9H,1-2,6,13H2,(H,15,16). The van der Waals surface area contributed by atoms with Crippen LogP contribution in [0.5, 0.6) is 0 Å². The molecule has 3 N–H and O–H groups in total. The van der Waals surface area contributed by atoms with Gasteiger partial charge in [-0.15, -0.1) is 0 Å². The predicted molar refractivity (Wildman–Crippen MR) is 57.2 cm³/mol. The Balaban J connectivity index is 1.85. The van der Waals surface area contributed by atoms with Crippen molar-refractivity contribution in [3.05, 3.63) is 29.8 Å². The molecule has 0 saturated heterocycles. The van der Waals surface area contributed by atoms with Crippen LogP contribution in [0.15, 0.2) is 18.3 Å². The summed E-state index contributed by atoms with van der Waals surface area (Å²) in [5, 5.41) is 2.69. The van der Waals surface area contributed by atoms with Crippen LogP contribution in [0.4, 0.5) is 4.39 Å². The van der Waals surface area contributed by atoms with Crippen molar-refractivity contribution < 1.29 is 9.18 Å². The molecule has 1 aliphatic rings. The van der Waals surface area contributed by atoms with Crippen LogP contribution in [0.25, 0.3) is 0 Å². The summed E-state index contributed by atoms with van der Waals surface area (Å²) in [7, 11) is 0. The first-order chi connectivity index (χ1) is 7.66. The highest BCUT2D eigenvalue weighted by atomic mass is 19.1. The Morgan fingerprint density at radius 2 is 2.38 bits per heavy atom. The first kappa shape index (κ1) is 11.0. The first-order valence-corrected chi connectivity index (χ1v) is 5.32. The average Bonchev–Trinajstić information content (AvgIpc) is 3.10. The molecule has 1 aromatic heterocycles. The first-order valence-electron chi connectivity index (χ1n) is 5.32. The van der Waals surface area contributed by atoms with Gasteiger partial charge < -0.3 is 11.1 Å². The number of hydrogen-bond donors (Lipinski definition) is 2. The fourth-order valence-electron chi connectivity index (χ4n) is 1.50. The quantitative estimate of drug-likeness (QED) is 0.789. The number of nitrogens with one attached hydrogen (secondary N) is 1. The molecule has 0 aliphatic heterocycles. The molecule has 1 saturated carbocycles. The number of carbonyl (C=O) groups is 1. The average molecular weight is 223 g/mol. The molecule has 1 atom stereocenters. The smallest absolute Gasteiger partial charge is 0.269 e. The fraction of sp³-hybridized carbons (Fsp3) is 0.455. The summed E-state index contributed by atoms with van der Waals surface area (Å²) in [6, 6.07) is 2.58. The van der Waals surface area contributed by atoms with Crippen LogP contribution in [0.1, 0.15) is 23.3 Å². The molecular weight excluding hydrogens is 209 g/mol. The molecule has 1 aromatic rings. The molecule has 1 unspecified atom stereocenters. The van der Waals surface area contributed by atoms with Gasteiger partial charge in [-0.3, -0.25) is 4.79 Å². The van der Waals surface area contributed by atoms with Crippen molar-refractivity contribution in [2.75, 3.05) is 6.54 Å². The molecule has 4 nitrogen and oxygen atoms in total. The maximum absolute atomic E-state index is 12.6. The predicted octanol–water partition coefficient (Wildman–Crippen LogP) is 0.688. The van der Waals surface area contributed by atoms with Gasteiger partial charge in [-0.05, 0) is 30.9 Å². The van der Waals surface area contributed by atoms with Gasteiger partial charge in [0.05, 0.1) is 6.20 Å². The molecule has 1 fully saturated rings. The lowest BCUT2D eigenvalue weighted by Crippen LogP contribution is -2.38. The van der Waals surface area contributed by atoms with Crippen LogP contribution in [-0.4, -0.2) is 23.5 Å². The molecule has 0 bridgehead atoms. The van der Waals surface area contributed by atoms with Crippen LogP contribution >= 0.6 is 0 Å². The van der Waals surface area contributed by atoms with Crippen LogP contribution in [-0.2, 0) is 0 Å². The Morgan fingerprint density at radius 1 is 1.62 bits per heavy atom. The number of nitrogens with two attached hydrogens (primary N) is 1. The topological polar surface area (TPSA) is 68.0 Å². The lowest BCUT2D eigenvalue weighted by molar-refractivity contribution is 0.0945. The van der Waals surface area contributed by atoms with Crippen molar-refractivity contribution in [2.24, 2.45) is 11.7 Å². The Morgan fingerprint density at radius 3 is 2.94 bits per heavy atom. The summed E-state index contributed by atoms with van der Waals surface area (Å²) < 4.78 is 12.6. The van der Waals surface area contributed by atoms with Crippen molar-refractivity contribution in [1.82, 2.24) is 10.3 Å². The van der Waals surface area contributed by atoms with E-state index < -0.39 is 5.82 Å². The van der Waals surface area contributed by atoms with Crippen LogP contribution in [0.3, 0.4) is 0 Å². The maximum atomic E-state index is 12.6. The van der Waals surface area contributed by atoms with E-state index in [0.29, 0.717) is 12.5 Å². The van der Waals surface area contributed by atoms with E-state index in [0.717, 1.165) is 19.0 Å². The molecule has 16 heavy (non-hydrogen) atoms. The molecular formula is C11H14FN3O. The van der Waals surface area contributed by atoms with E-state index in [1.807, 2.05) is 0 Å². The highest BCUT2D eigenvalue weighted by molar-refractivity contribution is 5.92. The highest BCUT2D eigenvalue weighted by Gasteiger charge is 2.28.